The number of amides is 2. The van der Waals surface area contributed by atoms with E-state index in [-0.39, 0.29) is 31.3 Å². The van der Waals surface area contributed by atoms with Gasteiger partial charge < -0.3 is 25.2 Å². The minimum Gasteiger partial charge on any atom is -0.396 e. The van der Waals surface area contributed by atoms with Crippen molar-refractivity contribution in [1.29, 1.82) is 0 Å². The van der Waals surface area contributed by atoms with Crippen LogP contribution in [0.3, 0.4) is 0 Å². The van der Waals surface area contributed by atoms with Gasteiger partial charge in [0, 0.05) is 41.8 Å². The average molecular weight is 463 g/mol. The van der Waals surface area contributed by atoms with Crippen molar-refractivity contribution >= 4 is 23.2 Å². The lowest BCUT2D eigenvalue weighted by atomic mass is 10.0. The first-order valence-corrected chi connectivity index (χ1v) is 11.1. The highest BCUT2D eigenvalue weighted by Gasteiger charge is 2.18. The van der Waals surface area contributed by atoms with Gasteiger partial charge in [-0.3, -0.25) is 9.59 Å². The molecular formula is C27H30N2O5. The lowest BCUT2D eigenvalue weighted by Crippen LogP contribution is -2.16. The molecule has 34 heavy (non-hydrogen) atoms. The number of rotatable bonds is 11. The van der Waals surface area contributed by atoms with Gasteiger partial charge in [0.25, 0.3) is 11.8 Å². The van der Waals surface area contributed by atoms with Gasteiger partial charge in [-0.2, -0.15) is 0 Å². The van der Waals surface area contributed by atoms with E-state index in [0.717, 1.165) is 11.1 Å². The summed E-state index contributed by atoms with van der Waals surface area (Å²) in [6.07, 6.45) is 0.816. The van der Waals surface area contributed by atoms with Crippen LogP contribution in [0.1, 0.15) is 50.8 Å². The summed E-state index contributed by atoms with van der Waals surface area (Å²) in [6.45, 7) is 2.04. The first-order valence-electron chi connectivity index (χ1n) is 11.1. The number of hydrogen-bond donors (Lipinski definition) is 3. The Hall–Kier alpha value is -3.52. The maximum absolute atomic E-state index is 12.9. The van der Waals surface area contributed by atoms with Gasteiger partial charge in [0.15, 0.2) is 0 Å². The van der Waals surface area contributed by atoms with Gasteiger partial charge in [0.1, 0.15) is 6.79 Å². The fraction of sp³-hybridized carbons (Fsp3) is 0.259. The number of methoxy groups -OCH3 is 1. The van der Waals surface area contributed by atoms with Gasteiger partial charge in [-0.05, 0) is 61.7 Å². The zero-order chi connectivity index (χ0) is 24.3. The van der Waals surface area contributed by atoms with Crippen LogP contribution in [-0.2, 0) is 9.47 Å². The molecule has 2 amide bonds. The van der Waals surface area contributed by atoms with Crippen molar-refractivity contribution in [1.82, 2.24) is 0 Å². The van der Waals surface area contributed by atoms with Crippen molar-refractivity contribution in [2.24, 2.45) is 0 Å². The quantitative estimate of drug-likeness (QED) is 0.351. The molecule has 7 nitrogen and oxygen atoms in total. The highest BCUT2D eigenvalue weighted by molar-refractivity contribution is 6.07. The van der Waals surface area contributed by atoms with Crippen molar-refractivity contribution in [3.63, 3.8) is 0 Å². The molecule has 0 fully saturated rings. The van der Waals surface area contributed by atoms with Crippen LogP contribution in [0.4, 0.5) is 11.4 Å². The molecule has 0 aromatic heterocycles. The van der Waals surface area contributed by atoms with Crippen LogP contribution in [0.15, 0.2) is 72.8 Å². The Labute approximate surface area is 199 Å². The molecule has 0 radical (unpaired) electrons. The van der Waals surface area contributed by atoms with Crippen LogP contribution in [0.2, 0.25) is 0 Å². The van der Waals surface area contributed by atoms with Crippen LogP contribution < -0.4 is 10.6 Å². The van der Waals surface area contributed by atoms with Crippen molar-refractivity contribution in [3.8, 4) is 0 Å². The Morgan fingerprint density at radius 2 is 1.62 bits per heavy atom. The molecule has 3 rings (SSSR count). The Morgan fingerprint density at radius 3 is 2.32 bits per heavy atom. The monoisotopic (exact) mass is 462 g/mol. The molecule has 178 valence electrons. The number of aliphatic hydroxyl groups excluding tert-OH is 1. The number of carbonyl (C=O) groups excluding carboxylic acids is 2. The second-order valence-electron chi connectivity index (χ2n) is 7.82. The van der Waals surface area contributed by atoms with Gasteiger partial charge >= 0.3 is 0 Å². The number of aliphatic hydroxyl groups is 1. The molecule has 0 aliphatic carbocycles. The summed E-state index contributed by atoms with van der Waals surface area (Å²) < 4.78 is 10.8. The molecule has 1 unspecified atom stereocenters. The molecule has 0 aliphatic rings. The molecule has 1 atom stereocenters. The summed E-state index contributed by atoms with van der Waals surface area (Å²) in [7, 11) is 1.55. The Morgan fingerprint density at radius 1 is 0.912 bits per heavy atom. The molecule has 0 spiro atoms. The molecule has 7 heteroatoms. The van der Waals surface area contributed by atoms with E-state index < -0.39 is 0 Å². The number of nitrogens with one attached hydrogen (secondary N) is 2. The summed E-state index contributed by atoms with van der Waals surface area (Å²) in [5.74, 6) is -0.480. The van der Waals surface area contributed by atoms with E-state index in [9.17, 15) is 14.7 Å². The topological polar surface area (TPSA) is 96.9 Å². The van der Waals surface area contributed by atoms with Crippen LogP contribution in [0.25, 0.3) is 0 Å². The Bertz CT molecular complexity index is 1090. The predicted octanol–water partition coefficient (Wildman–Crippen LogP) is 4.93. The van der Waals surface area contributed by atoms with E-state index in [4.69, 9.17) is 9.47 Å². The molecule has 3 N–H and O–H groups in total. The number of benzene rings is 3. The van der Waals surface area contributed by atoms with Gasteiger partial charge in [-0.15, -0.1) is 0 Å². The van der Waals surface area contributed by atoms with Crippen molar-refractivity contribution < 1.29 is 24.2 Å². The number of hydrogen-bond acceptors (Lipinski definition) is 5. The van der Waals surface area contributed by atoms with Crippen molar-refractivity contribution in [2.75, 3.05) is 31.1 Å². The van der Waals surface area contributed by atoms with Crippen molar-refractivity contribution in [3.05, 3.63) is 95.1 Å². The molecule has 0 aliphatic heterocycles. The highest BCUT2D eigenvalue weighted by atomic mass is 16.7. The minimum absolute atomic E-state index is 0.0497. The molecule has 0 heterocycles. The summed E-state index contributed by atoms with van der Waals surface area (Å²) in [5.41, 5.74) is 3.98. The molecule has 0 bridgehead atoms. The van der Waals surface area contributed by atoms with E-state index in [1.54, 1.807) is 37.4 Å². The van der Waals surface area contributed by atoms with E-state index in [2.05, 4.69) is 10.6 Å². The van der Waals surface area contributed by atoms with E-state index in [1.165, 1.54) is 0 Å². The van der Waals surface area contributed by atoms with Crippen LogP contribution >= 0.6 is 0 Å². The lowest BCUT2D eigenvalue weighted by Gasteiger charge is -2.21. The first kappa shape index (κ1) is 25.1. The van der Waals surface area contributed by atoms with Crippen molar-refractivity contribution in [2.45, 2.75) is 25.9 Å². The molecule has 0 saturated carbocycles. The summed E-state index contributed by atoms with van der Waals surface area (Å²) in [6, 6.07) is 21.5. The van der Waals surface area contributed by atoms with E-state index in [1.807, 2.05) is 49.4 Å². The second-order valence-corrected chi connectivity index (χ2v) is 7.82. The van der Waals surface area contributed by atoms with Crippen LogP contribution in [0.5, 0.6) is 0 Å². The second kappa shape index (κ2) is 12.6. The minimum atomic E-state index is -0.331. The number of para-hydroxylation sites is 1. The Kier molecular flexibility index (Phi) is 9.34. The molecular weight excluding hydrogens is 432 g/mol. The van der Waals surface area contributed by atoms with Gasteiger partial charge in [0.2, 0.25) is 0 Å². The van der Waals surface area contributed by atoms with Gasteiger partial charge in [0.05, 0.1) is 6.10 Å². The normalized spacial score (nSPS) is 11.6. The average Bonchev–Trinajstić information content (AvgIpc) is 2.85. The maximum atomic E-state index is 12.9. The molecule has 0 saturated heterocycles. The zero-order valence-electron chi connectivity index (χ0n) is 19.4. The predicted molar refractivity (Wildman–Crippen MR) is 132 cm³/mol. The summed E-state index contributed by atoms with van der Waals surface area (Å²) in [4.78, 5) is 25.4. The maximum Gasteiger partial charge on any atom is 0.255 e. The van der Waals surface area contributed by atoms with Crippen LogP contribution in [-0.4, -0.2) is 37.4 Å². The fourth-order valence-electron chi connectivity index (χ4n) is 3.57. The largest absolute Gasteiger partial charge is 0.396 e. The molecule has 3 aromatic carbocycles. The smallest absolute Gasteiger partial charge is 0.255 e. The Balaban J connectivity index is 1.70. The third kappa shape index (κ3) is 6.74. The third-order valence-electron chi connectivity index (χ3n) is 5.36. The van der Waals surface area contributed by atoms with Crippen LogP contribution in [0, 0.1) is 6.92 Å². The standard InChI is InChI=1S/C27H30N2O5/c1-19-8-3-4-9-22(19)27(32)28-21-15-13-20(14-16-21)26(31)29-24-11-6-5-10-23(24)25(12-7-17-30)34-18-33-2/h3-6,8-11,13-16,25,30H,7,12,17-18H2,1-2H3,(H,28,32)(H,29,31). The van der Waals surface area contributed by atoms with Gasteiger partial charge in [-0.25, -0.2) is 0 Å². The molecule has 3 aromatic rings. The summed E-state index contributed by atoms with van der Waals surface area (Å²) >= 11 is 0. The first-order chi connectivity index (χ1) is 16.5. The van der Waals surface area contributed by atoms with Gasteiger partial charge in [-0.1, -0.05) is 36.4 Å². The van der Waals surface area contributed by atoms with E-state index in [0.29, 0.717) is 35.3 Å². The van der Waals surface area contributed by atoms with E-state index >= 15 is 0 Å². The third-order valence-corrected chi connectivity index (χ3v) is 5.36. The number of anilines is 2. The number of carbonyl (C=O) groups is 2. The SMILES string of the molecule is COCOC(CCCO)c1ccccc1NC(=O)c1ccc(NC(=O)c2ccccc2C)cc1. The number of aryl methyl sites for hydroxylation is 1. The fourth-order valence-corrected chi connectivity index (χ4v) is 3.57. The highest BCUT2D eigenvalue weighted by Crippen LogP contribution is 2.30. The lowest BCUT2D eigenvalue weighted by molar-refractivity contribution is -0.0769. The summed E-state index contributed by atoms with van der Waals surface area (Å²) in [5, 5.41) is 15.0. The number of ether oxygens (including phenoxy) is 2. The zero-order valence-corrected chi connectivity index (χ0v) is 19.4.